The van der Waals surface area contributed by atoms with E-state index in [1.807, 2.05) is 25.1 Å². The molecule has 0 radical (unpaired) electrons. The first kappa shape index (κ1) is 12.1. The number of nitriles is 1. The van der Waals surface area contributed by atoms with Crippen molar-refractivity contribution < 1.29 is 4.79 Å². The number of nitrogens with zero attached hydrogens (tertiary/aromatic N) is 2. The van der Waals surface area contributed by atoms with E-state index in [4.69, 9.17) is 5.26 Å². The molecule has 84 valence electrons. The number of carbonyl (C=O) groups is 1. The van der Waals surface area contributed by atoms with Crippen molar-refractivity contribution >= 4 is 11.6 Å². The van der Waals surface area contributed by atoms with Gasteiger partial charge in [-0.3, -0.25) is 4.79 Å². The van der Waals surface area contributed by atoms with E-state index in [1.165, 1.54) is 0 Å². The zero-order chi connectivity index (χ0) is 12.0. The van der Waals surface area contributed by atoms with Crippen molar-refractivity contribution in [3.05, 3.63) is 29.8 Å². The van der Waals surface area contributed by atoms with E-state index in [0.717, 1.165) is 5.69 Å². The second-order valence-corrected chi connectivity index (χ2v) is 3.44. The van der Waals surface area contributed by atoms with Crippen LogP contribution in [-0.2, 0) is 4.79 Å². The van der Waals surface area contributed by atoms with E-state index in [1.54, 1.807) is 18.0 Å². The third-order valence-electron chi connectivity index (χ3n) is 2.19. The van der Waals surface area contributed by atoms with Crippen molar-refractivity contribution in [1.29, 1.82) is 5.26 Å². The highest BCUT2D eigenvalue weighted by Gasteiger charge is 2.09. The van der Waals surface area contributed by atoms with Gasteiger partial charge < -0.3 is 10.2 Å². The average Bonchev–Trinajstić information content (AvgIpc) is 2.29. The highest BCUT2D eigenvalue weighted by molar-refractivity contribution is 5.81. The van der Waals surface area contributed by atoms with Gasteiger partial charge in [-0.1, -0.05) is 12.1 Å². The van der Waals surface area contributed by atoms with Crippen molar-refractivity contribution in [1.82, 2.24) is 5.32 Å². The van der Waals surface area contributed by atoms with Gasteiger partial charge in [0.05, 0.1) is 17.8 Å². The highest BCUT2D eigenvalue weighted by Crippen LogP contribution is 2.17. The first-order valence-corrected chi connectivity index (χ1v) is 5.16. The van der Waals surface area contributed by atoms with Gasteiger partial charge in [-0.05, 0) is 19.1 Å². The lowest BCUT2D eigenvalue weighted by Crippen LogP contribution is -2.35. The lowest BCUT2D eigenvalue weighted by molar-refractivity contribution is -0.119. The van der Waals surface area contributed by atoms with Gasteiger partial charge in [0.2, 0.25) is 5.91 Å². The van der Waals surface area contributed by atoms with Gasteiger partial charge >= 0.3 is 0 Å². The number of para-hydroxylation sites is 1. The third kappa shape index (κ3) is 2.99. The van der Waals surface area contributed by atoms with E-state index in [9.17, 15) is 4.79 Å². The number of nitrogens with one attached hydrogen (secondary N) is 1. The zero-order valence-electron chi connectivity index (χ0n) is 9.53. The van der Waals surface area contributed by atoms with Crippen LogP contribution in [-0.4, -0.2) is 26.0 Å². The van der Waals surface area contributed by atoms with E-state index >= 15 is 0 Å². The summed E-state index contributed by atoms with van der Waals surface area (Å²) in [6, 6.07) is 9.34. The number of carbonyl (C=O) groups excluding carboxylic acids is 1. The minimum atomic E-state index is -0.0438. The molecule has 0 aromatic heterocycles. The molecule has 0 atom stereocenters. The smallest absolute Gasteiger partial charge is 0.239 e. The largest absolute Gasteiger partial charge is 0.364 e. The molecule has 0 fully saturated rings. The Hall–Kier alpha value is -2.02. The fraction of sp³-hybridized carbons (Fsp3) is 0.333. The summed E-state index contributed by atoms with van der Waals surface area (Å²) in [5, 5.41) is 11.6. The Kier molecular flexibility index (Phi) is 4.34. The van der Waals surface area contributed by atoms with E-state index in [2.05, 4.69) is 11.4 Å². The predicted molar refractivity (Wildman–Crippen MR) is 63.1 cm³/mol. The van der Waals surface area contributed by atoms with Crippen LogP contribution in [0.2, 0.25) is 0 Å². The number of amides is 1. The monoisotopic (exact) mass is 217 g/mol. The fourth-order valence-electron chi connectivity index (χ4n) is 1.45. The van der Waals surface area contributed by atoms with Crippen LogP contribution in [0.5, 0.6) is 0 Å². The van der Waals surface area contributed by atoms with Gasteiger partial charge in [-0.25, -0.2) is 0 Å². The molecule has 16 heavy (non-hydrogen) atoms. The van der Waals surface area contributed by atoms with Gasteiger partial charge in [0.1, 0.15) is 6.07 Å². The number of hydrogen-bond acceptors (Lipinski definition) is 3. The van der Waals surface area contributed by atoms with E-state index < -0.39 is 0 Å². The van der Waals surface area contributed by atoms with Gasteiger partial charge in [-0.15, -0.1) is 0 Å². The Balaban J connectivity index is 2.77. The molecule has 0 saturated heterocycles. The standard InChI is InChI=1S/C12H15N3O/c1-3-14-12(16)9-15(2)11-7-5-4-6-10(11)8-13/h4-7H,3,9H2,1-2H3,(H,14,16). The molecule has 1 aromatic rings. The molecular formula is C12H15N3O. The number of hydrogen-bond donors (Lipinski definition) is 1. The first-order valence-electron chi connectivity index (χ1n) is 5.16. The molecule has 0 spiro atoms. The molecule has 1 N–H and O–H groups in total. The van der Waals surface area contributed by atoms with Crippen molar-refractivity contribution in [2.45, 2.75) is 6.92 Å². The molecule has 1 aromatic carbocycles. The van der Waals surface area contributed by atoms with Gasteiger partial charge in [0.15, 0.2) is 0 Å². The lowest BCUT2D eigenvalue weighted by Gasteiger charge is -2.19. The summed E-state index contributed by atoms with van der Waals surface area (Å²) in [6.07, 6.45) is 0. The molecule has 4 heteroatoms. The van der Waals surface area contributed by atoms with Crippen LogP contribution in [0.3, 0.4) is 0 Å². The maximum Gasteiger partial charge on any atom is 0.239 e. The minimum absolute atomic E-state index is 0.0438. The second-order valence-electron chi connectivity index (χ2n) is 3.44. The van der Waals surface area contributed by atoms with Crippen LogP contribution < -0.4 is 10.2 Å². The molecule has 1 rings (SSSR count). The summed E-state index contributed by atoms with van der Waals surface area (Å²) >= 11 is 0. The number of anilines is 1. The molecule has 0 heterocycles. The van der Waals surface area contributed by atoms with Crippen LogP contribution in [0.15, 0.2) is 24.3 Å². The summed E-state index contributed by atoms with van der Waals surface area (Å²) in [6.45, 7) is 2.75. The highest BCUT2D eigenvalue weighted by atomic mass is 16.1. The van der Waals surface area contributed by atoms with Gasteiger partial charge in [0, 0.05) is 13.6 Å². The summed E-state index contributed by atoms with van der Waals surface area (Å²) in [7, 11) is 1.80. The SMILES string of the molecule is CCNC(=O)CN(C)c1ccccc1C#N. The Morgan fingerprint density at radius 1 is 1.50 bits per heavy atom. The summed E-state index contributed by atoms with van der Waals surface area (Å²) < 4.78 is 0. The Labute approximate surface area is 95.5 Å². The van der Waals surface area contributed by atoms with Crippen LogP contribution in [0, 0.1) is 11.3 Å². The number of likely N-dealkylation sites (N-methyl/N-ethyl adjacent to an activating group) is 2. The maximum absolute atomic E-state index is 11.4. The van der Waals surface area contributed by atoms with Gasteiger partial charge in [0.25, 0.3) is 0 Å². The molecule has 4 nitrogen and oxygen atoms in total. The topological polar surface area (TPSA) is 56.1 Å². The van der Waals surface area contributed by atoms with Crippen LogP contribution in [0.4, 0.5) is 5.69 Å². The lowest BCUT2D eigenvalue weighted by atomic mass is 10.2. The average molecular weight is 217 g/mol. The summed E-state index contributed by atoms with van der Waals surface area (Å²) in [5.41, 5.74) is 1.35. The molecule has 1 amide bonds. The summed E-state index contributed by atoms with van der Waals surface area (Å²) in [4.78, 5) is 13.2. The van der Waals surface area contributed by atoms with Crippen LogP contribution in [0.1, 0.15) is 12.5 Å². The van der Waals surface area contributed by atoms with Crippen molar-refractivity contribution in [3.63, 3.8) is 0 Å². The van der Waals surface area contributed by atoms with Crippen molar-refractivity contribution in [2.75, 3.05) is 25.0 Å². The normalized spacial score (nSPS) is 9.31. The van der Waals surface area contributed by atoms with Crippen LogP contribution in [0.25, 0.3) is 0 Å². The maximum atomic E-state index is 11.4. The molecule has 0 aliphatic heterocycles. The molecule has 0 saturated carbocycles. The summed E-state index contributed by atoms with van der Waals surface area (Å²) in [5.74, 6) is -0.0438. The van der Waals surface area contributed by atoms with E-state index in [-0.39, 0.29) is 12.5 Å². The van der Waals surface area contributed by atoms with Gasteiger partial charge in [-0.2, -0.15) is 5.26 Å². The molecular weight excluding hydrogens is 202 g/mol. The predicted octanol–water partition coefficient (Wildman–Crippen LogP) is 1.13. The quantitative estimate of drug-likeness (QED) is 0.822. The molecule has 0 bridgehead atoms. The second kappa shape index (κ2) is 5.76. The molecule has 0 aliphatic carbocycles. The molecule has 0 unspecified atom stereocenters. The van der Waals surface area contributed by atoms with Crippen molar-refractivity contribution in [2.24, 2.45) is 0 Å². The minimum Gasteiger partial charge on any atom is -0.364 e. The van der Waals surface area contributed by atoms with Crippen molar-refractivity contribution in [3.8, 4) is 6.07 Å². The first-order chi connectivity index (χ1) is 7.69. The zero-order valence-corrected chi connectivity index (χ0v) is 9.53. The molecule has 0 aliphatic rings. The third-order valence-corrected chi connectivity index (χ3v) is 2.19. The Morgan fingerprint density at radius 3 is 2.81 bits per heavy atom. The number of rotatable bonds is 4. The van der Waals surface area contributed by atoms with Crippen LogP contribution >= 0.6 is 0 Å². The Bertz CT molecular complexity index is 409. The fourth-order valence-corrected chi connectivity index (χ4v) is 1.45. The Morgan fingerprint density at radius 2 is 2.19 bits per heavy atom. The van der Waals surface area contributed by atoms with E-state index in [0.29, 0.717) is 12.1 Å². The number of benzene rings is 1.